The number of aliphatic hydroxyl groups excluding tert-OH is 2. The van der Waals surface area contributed by atoms with Gasteiger partial charge in [0.25, 0.3) is 0 Å². The quantitative estimate of drug-likeness (QED) is 0.100. The summed E-state index contributed by atoms with van der Waals surface area (Å²) in [7, 11) is 0. The normalized spacial score (nSPS) is 13.6. The first-order valence-corrected chi connectivity index (χ1v) is 14.0. The molecule has 5 nitrogen and oxygen atoms in total. The van der Waals surface area contributed by atoms with Gasteiger partial charge in [-0.3, -0.25) is 0 Å². The molecule has 0 bridgehead atoms. The summed E-state index contributed by atoms with van der Waals surface area (Å²) < 4.78 is 16.3. The van der Waals surface area contributed by atoms with Gasteiger partial charge in [0.1, 0.15) is 18.8 Å². The topological polar surface area (TPSA) is 68.2 Å². The van der Waals surface area contributed by atoms with E-state index in [1.807, 2.05) is 6.08 Å². The van der Waals surface area contributed by atoms with Crippen LogP contribution in [0.4, 0.5) is 0 Å². The van der Waals surface area contributed by atoms with E-state index >= 15 is 0 Å². The molecule has 198 valence electrons. The molecule has 5 heteroatoms. The number of rotatable bonds is 27. The van der Waals surface area contributed by atoms with Crippen molar-refractivity contribution in [3.8, 4) is 0 Å². The number of ether oxygens (including phenoxy) is 3. The Bertz CT molecular complexity index is 388. The molecule has 0 spiro atoms. The van der Waals surface area contributed by atoms with Gasteiger partial charge in [-0.2, -0.15) is 0 Å². The highest BCUT2D eigenvalue weighted by Gasteiger charge is 2.12. The zero-order valence-electron chi connectivity index (χ0n) is 22.0. The summed E-state index contributed by atoms with van der Waals surface area (Å²) in [6, 6.07) is 0. The van der Waals surface area contributed by atoms with Gasteiger partial charge >= 0.3 is 0 Å². The van der Waals surface area contributed by atoms with Gasteiger partial charge < -0.3 is 24.4 Å². The van der Waals surface area contributed by atoms with E-state index in [9.17, 15) is 10.2 Å². The van der Waals surface area contributed by atoms with E-state index in [-0.39, 0.29) is 19.8 Å². The van der Waals surface area contributed by atoms with Crippen molar-refractivity contribution in [2.45, 2.75) is 135 Å². The zero-order valence-corrected chi connectivity index (χ0v) is 22.0. The second-order valence-electron chi connectivity index (χ2n) is 9.31. The molecule has 0 aliphatic rings. The summed E-state index contributed by atoms with van der Waals surface area (Å²) in [5.74, 6) is 0. The molecule has 2 atom stereocenters. The monoisotopic (exact) mass is 472 g/mol. The second-order valence-corrected chi connectivity index (χ2v) is 9.31. The van der Waals surface area contributed by atoms with Crippen LogP contribution in [0.15, 0.2) is 12.3 Å². The van der Waals surface area contributed by atoms with Gasteiger partial charge in [-0.25, -0.2) is 0 Å². The maximum Gasteiger partial charge on any atom is 0.115 e. The molecule has 0 aromatic heterocycles. The average molecular weight is 473 g/mol. The molecule has 0 fully saturated rings. The highest BCUT2D eigenvalue weighted by Crippen LogP contribution is 2.13. The van der Waals surface area contributed by atoms with E-state index in [0.717, 1.165) is 19.3 Å². The van der Waals surface area contributed by atoms with E-state index in [0.29, 0.717) is 13.2 Å². The second kappa shape index (κ2) is 27.6. The number of unbranched alkanes of at least 4 members (excludes halogenated alkanes) is 15. The Morgan fingerprint density at radius 1 is 0.667 bits per heavy atom. The summed E-state index contributed by atoms with van der Waals surface area (Å²) in [6.45, 7) is 5.63. The van der Waals surface area contributed by atoms with Gasteiger partial charge in [-0.1, -0.05) is 104 Å². The predicted molar refractivity (Wildman–Crippen MR) is 139 cm³/mol. The molecule has 33 heavy (non-hydrogen) atoms. The summed E-state index contributed by atoms with van der Waals surface area (Å²) in [5, 5.41) is 19.2. The largest absolute Gasteiger partial charge is 0.499 e. The lowest BCUT2D eigenvalue weighted by molar-refractivity contribution is -0.0772. The van der Waals surface area contributed by atoms with Crippen LogP contribution in [-0.4, -0.2) is 55.5 Å². The molecule has 0 aliphatic carbocycles. The van der Waals surface area contributed by atoms with E-state index < -0.39 is 12.2 Å². The minimum Gasteiger partial charge on any atom is -0.499 e. The summed E-state index contributed by atoms with van der Waals surface area (Å²) in [6.07, 6.45) is 25.0. The molecular weight excluding hydrogens is 416 g/mol. The van der Waals surface area contributed by atoms with E-state index in [1.165, 1.54) is 89.9 Å². The highest BCUT2D eigenvalue weighted by atomic mass is 16.5. The van der Waals surface area contributed by atoms with Gasteiger partial charge in [0.2, 0.25) is 0 Å². The lowest BCUT2D eigenvalue weighted by atomic mass is 10.0. The Morgan fingerprint density at radius 2 is 1.21 bits per heavy atom. The lowest BCUT2D eigenvalue weighted by Gasteiger charge is -2.18. The van der Waals surface area contributed by atoms with Gasteiger partial charge in [0, 0.05) is 6.61 Å². The molecule has 0 radical (unpaired) electrons. The molecular formula is C28H56O5. The summed E-state index contributed by atoms with van der Waals surface area (Å²) in [4.78, 5) is 0. The van der Waals surface area contributed by atoms with Crippen LogP contribution >= 0.6 is 0 Å². The van der Waals surface area contributed by atoms with Gasteiger partial charge in [-0.15, -0.1) is 0 Å². The third-order valence-electron chi connectivity index (χ3n) is 5.88. The molecule has 0 aliphatic heterocycles. The fourth-order valence-corrected chi connectivity index (χ4v) is 3.67. The average Bonchev–Trinajstić information content (AvgIpc) is 2.82. The molecule has 0 aromatic rings. The third-order valence-corrected chi connectivity index (χ3v) is 5.88. The van der Waals surface area contributed by atoms with Gasteiger partial charge in [0.15, 0.2) is 0 Å². The molecule has 0 amide bonds. The van der Waals surface area contributed by atoms with Crippen molar-refractivity contribution in [1.82, 2.24) is 0 Å². The highest BCUT2D eigenvalue weighted by molar-refractivity contribution is 4.74. The Hall–Kier alpha value is -0.620. The van der Waals surface area contributed by atoms with Crippen molar-refractivity contribution >= 4 is 0 Å². The van der Waals surface area contributed by atoms with Crippen molar-refractivity contribution in [2.75, 3.05) is 33.0 Å². The fraction of sp³-hybridized carbons (Fsp3) is 0.929. The van der Waals surface area contributed by atoms with Crippen LogP contribution in [0.2, 0.25) is 0 Å². The Morgan fingerprint density at radius 3 is 1.76 bits per heavy atom. The minimum absolute atomic E-state index is 0.112. The van der Waals surface area contributed by atoms with Crippen LogP contribution in [0.3, 0.4) is 0 Å². The number of hydrogen-bond acceptors (Lipinski definition) is 5. The molecule has 2 N–H and O–H groups in total. The summed E-state index contributed by atoms with van der Waals surface area (Å²) >= 11 is 0. The van der Waals surface area contributed by atoms with Gasteiger partial charge in [0.05, 0.1) is 26.1 Å². The first kappa shape index (κ1) is 32.4. The smallest absolute Gasteiger partial charge is 0.115 e. The zero-order chi connectivity index (χ0) is 24.2. The standard InChI is InChI=1S/C28H56O5/c1-3-5-7-8-9-10-11-12-13-14-15-16-17-18-19-20-22-31-24-27(30)25-33-28(23-29)26-32-21-6-4-2/h20,22,27-30H,3-19,21,23-26H2,1-2H3. The number of allylic oxidation sites excluding steroid dienone is 1. The molecule has 0 rings (SSSR count). The van der Waals surface area contributed by atoms with Crippen molar-refractivity contribution in [1.29, 1.82) is 0 Å². The first-order chi connectivity index (χ1) is 16.2. The fourth-order valence-electron chi connectivity index (χ4n) is 3.67. The summed E-state index contributed by atoms with van der Waals surface area (Å²) in [5.41, 5.74) is 0. The van der Waals surface area contributed by atoms with Crippen LogP contribution in [0, 0.1) is 0 Å². The van der Waals surface area contributed by atoms with Crippen LogP contribution in [0.25, 0.3) is 0 Å². The van der Waals surface area contributed by atoms with Crippen molar-refractivity contribution in [3.63, 3.8) is 0 Å². The van der Waals surface area contributed by atoms with E-state index in [4.69, 9.17) is 14.2 Å². The predicted octanol–water partition coefficient (Wildman–Crippen LogP) is 6.94. The molecule has 0 saturated carbocycles. The van der Waals surface area contributed by atoms with Crippen molar-refractivity contribution in [3.05, 3.63) is 12.3 Å². The van der Waals surface area contributed by atoms with Gasteiger partial charge in [-0.05, 0) is 25.3 Å². The molecule has 2 unspecified atom stereocenters. The van der Waals surface area contributed by atoms with E-state index in [2.05, 4.69) is 13.8 Å². The van der Waals surface area contributed by atoms with Crippen molar-refractivity contribution in [2.24, 2.45) is 0 Å². The Balaban J connectivity index is 3.37. The lowest BCUT2D eigenvalue weighted by Crippen LogP contribution is -2.30. The maximum absolute atomic E-state index is 9.93. The minimum atomic E-state index is -0.708. The first-order valence-electron chi connectivity index (χ1n) is 14.0. The number of hydrogen-bond donors (Lipinski definition) is 2. The van der Waals surface area contributed by atoms with Crippen LogP contribution in [0.1, 0.15) is 123 Å². The van der Waals surface area contributed by atoms with Crippen LogP contribution in [-0.2, 0) is 14.2 Å². The van der Waals surface area contributed by atoms with Crippen molar-refractivity contribution < 1.29 is 24.4 Å². The molecule has 0 aromatic carbocycles. The number of aliphatic hydroxyl groups is 2. The molecule has 0 saturated heterocycles. The SMILES string of the molecule is CCCCCCCCCCCCCCCCC=COCC(O)COC(CO)COCCCC. The maximum atomic E-state index is 9.93. The third kappa shape index (κ3) is 25.8. The van der Waals surface area contributed by atoms with Crippen LogP contribution in [0.5, 0.6) is 0 Å². The van der Waals surface area contributed by atoms with E-state index in [1.54, 1.807) is 6.26 Å². The Labute approximate surface area is 205 Å². The van der Waals surface area contributed by atoms with Crippen LogP contribution < -0.4 is 0 Å². The molecule has 0 heterocycles. The Kier molecular flexibility index (Phi) is 27.1.